The molecular weight excluding hydrogens is 264 g/mol. The van der Waals surface area contributed by atoms with Gasteiger partial charge in [0, 0.05) is 43.6 Å². The summed E-state index contributed by atoms with van der Waals surface area (Å²) < 4.78 is 5.72. The minimum Gasteiger partial charge on any atom is -0.378 e. The van der Waals surface area contributed by atoms with Gasteiger partial charge in [-0.05, 0) is 31.1 Å². The van der Waals surface area contributed by atoms with Crippen molar-refractivity contribution in [3.63, 3.8) is 0 Å². The van der Waals surface area contributed by atoms with Crippen molar-refractivity contribution in [2.75, 3.05) is 13.7 Å². The first-order valence-corrected chi connectivity index (χ1v) is 7.43. The topological polar surface area (TPSA) is 42.4 Å². The fourth-order valence-corrected chi connectivity index (χ4v) is 2.92. The molecule has 0 spiro atoms. The Bertz CT molecular complexity index is 511. The molecule has 1 fully saturated rings. The number of rotatable bonds is 5. The van der Waals surface area contributed by atoms with E-state index in [9.17, 15) is 4.79 Å². The molecule has 0 radical (unpaired) electrons. The van der Waals surface area contributed by atoms with Gasteiger partial charge in [0.25, 0.3) is 0 Å². The van der Waals surface area contributed by atoms with Gasteiger partial charge in [0.05, 0.1) is 6.10 Å². The van der Waals surface area contributed by atoms with E-state index in [1.54, 1.807) is 24.5 Å². The molecule has 1 saturated carbocycles. The summed E-state index contributed by atoms with van der Waals surface area (Å²) in [7, 11) is 1.87. The molecule has 4 nitrogen and oxygen atoms in total. The van der Waals surface area contributed by atoms with E-state index < -0.39 is 0 Å². The molecule has 0 saturated heterocycles. The third-order valence-corrected chi connectivity index (χ3v) is 4.41. The highest BCUT2D eigenvalue weighted by atomic mass is 16.5. The molecule has 1 amide bonds. The average molecular weight is 288 g/mol. The van der Waals surface area contributed by atoms with Crippen molar-refractivity contribution >= 4 is 12.0 Å². The highest BCUT2D eigenvalue weighted by Crippen LogP contribution is 2.45. The number of ether oxygens (including phenoxy) is 1. The number of carbonyl (C=O) groups excluding carboxylic acids is 1. The Morgan fingerprint density at radius 1 is 1.57 bits per heavy atom. The maximum atomic E-state index is 12.3. The lowest BCUT2D eigenvalue weighted by atomic mass is 9.64. The van der Waals surface area contributed by atoms with Gasteiger partial charge in [-0.3, -0.25) is 9.78 Å². The average Bonchev–Trinajstić information content (AvgIpc) is 2.49. The largest absolute Gasteiger partial charge is 0.378 e. The summed E-state index contributed by atoms with van der Waals surface area (Å²) in [4.78, 5) is 18.1. The van der Waals surface area contributed by atoms with Crippen molar-refractivity contribution < 1.29 is 9.53 Å². The van der Waals surface area contributed by atoms with Crippen LogP contribution in [0.4, 0.5) is 0 Å². The van der Waals surface area contributed by atoms with Gasteiger partial charge in [0.15, 0.2) is 0 Å². The molecule has 1 aromatic heterocycles. The number of hydrogen-bond acceptors (Lipinski definition) is 3. The first kappa shape index (κ1) is 15.7. The van der Waals surface area contributed by atoms with Crippen LogP contribution in [0.3, 0.4) is 0 Å². The third kappa shape index (κ3) is 3.32. The number of carbonyl (C=O) groups is 1. The zero-order valence-electron chi connectivity index (χ0n) is 13.2. The summed E-state index contributed by atoms with van der Waals surface area (Å²) >= 11 is 0. The molecule has 0 N–H and O–H groups in total. The molecule has 114 valence electrons. The molecule has 0 unspecified atom stereocenters. The van der Waals surface area contributed by atoms with Crippen LogP contribution in [0, 0.1) is 5.41 Å². The van der Waals surface area contributed by atoms with Gasteiger partial charge in [-0.1, -0.05) is 19.9 Å². The molecular formula is C17H24N2O2. The highest BCUT2D eigenvalue weighted by molar-refractivity contribution is 5.91. The number of likely N-dealkylation sites (N-methyl/N-ethyl adjacent to an activating group) is 1. The van der Waals surface area contributed by atoms with Crippen molar-refractivity contribution in [3.8, 4) is 0 Å². The normalized spacial score (nSPS) is 23.8. The maximum absolute atomic E-state index is 12.3. The molecule has 1 aliphatic carbocycles. The Morgan fingerprint density at radius 2 is 2.33 bits per heavy atom. The molecule has 4 heteroatoms. The first-order valence-electron chi connectivity index (χ1n) is 7.43. The van der Waals surface area contributed by atoms with E-state index >= 15 is 0 Å². The van der Waals surface area contributed by atoms with Gasteiger partial charge in [-0.2, -0.15) is 0 Å². The molecule has 21 heavy (non-hydrogen) atoms. The second kappa shape index (κ2) is 6.39. The number of pyridine rings is 1. The first-order chi connectivity index (χ1) is 9.96. The quantitative estimate of drug-likeness (QED) is 0.782. The summed E-state index contributed by atoms with van der Waals surface area (Å²) in [5.74, 6) is 0.0203. The van der Waals surface area contributed by atoms with Gasteiger partial charge in [0.2, 0.25) is 5.91 Å². The van der Waals surface area contributed by atoms with Crippen LogP contribution in [-0.4, -0.2) is 41.6 Å². The summed E-state index contributed by atoms with van der Waals surface area (Å²) in [5.41, 5.74) is 0.932. The predicted octanol–water partition coefficient (Wildman–Crippen LogP) is 2.76. The highest BCUT2D eigenvalue weighted by Gasteiger charge is 2.51. The van der Waals surface area contributed by atoms with E-state index in [0.29, 0.717) is 0 Å². The molecule has 1 heterocycles. The van der Waals surface area contributed by atoms with Crippen molar-refractivity contribution in [2.45, 2.75) is 39.3 Å². The lowest BCUT2D eigenvalue weighted by Gasteiger charge is -2.54. The van der Waals surface area contributed by atoms with Crippen molar-refractivity contribution in [2.24, 2.45) is 5.41 Å². The van der Waals surface area contributed by atoms with E-state index in [4.69, 9.17) is 4.74 Å². The third-order valence-electron chi connectivity index (χ3n) is 4.41. The smallest absolute Gasteiger partial charge is 0.246 e. The van der Waals surface area contributed by atoms with Crippen LogP contribution in [0.5, 0.6) is 0 Å². The summed E-state index contributed by atoms with van der Waals surface area (Å²) in [5, 5.41) is 0. The second-order valence-corrected chi connectivity index (χ2v) is 6.09. The lowest BCUT2D eigenvalue weighted by Crippen LogP contribution is -2.62. The zero-order valence-corrected chi connectivity index (χ0v) is 13.2. The molecule has 2 atom stereocenters. The number of aromatic nitrogens is 1. The zero-order chi connectivity index (χ0) is 15.5. The van der Waals surface area contributed by atoms with E-state index in [-0.39, 0.29) is 23.5 Å². The van der Waals surface area contributed by atoms with Crippen LogP contribution in [0.25, 0.3) is 6.08 Å². The van der Waals surface area contributed by atoms with E-state index in [1.165, 1.54) is 0 Å². The fourth-order valence-electron chi connectivity index (χ4n) is 2.92. The van der Waals surface area contributed by atoms with Crippen LogP contribution in [0.1, 0.15) is 32.8 Å². The monoisotopic (exact) mass is 288 g/mol. The summed E-state index contributed by atoms with van der Waals surface area (Å²) in [6.45, 7) is 7.06. The maximum Gasteiger partial charge on any atom is 0.246 e. The van der Waals surface area contributed by atoms with Crippen molar-refractivity contribution in [3.05, 3.63) is 36.2 Å². The van der Waals surface area contributed by atoms with Gasteiger partial charge in [-0.25, -0.2) is 0 Å². The van der Waals surface area contributed by atoms with Gasteiger partial charge >= 0.3 is 0 Å². The molecule has 2 rings (SSSR count). The summed E-state index contributed by atoms with van der Waals surface area (Å²) in [6, 6.07) is 4.00. The Hall–Kier alpha value is -1.68. The number of amides is 1. The Morgan fingerprint density at radius 3 is 2.90 bits per heavy atom. The van der Waals surface area contributed by atoms with E-state index in [0.717, 1.165) is 18.6 Å². The minimum atomic E-state index is 0.00254. The molecule has 1 aromatic rings. The second-order valence-electron chi connectivity index (χ2n) is 6.09. The van der Waals surface area contributed by atoms with Crippen LogP contribution in [0.15, 0.2) is 30.6 Å². The van der Waals surface area contributed by atoms with E-state index in [2.05, 4.69) is 18.8 Å². The molecule has 1 aliphatic rings. The predicted molar refractivity (Wildman–Crippen MR) is 83.6 cm³/mol. The van der Waals surface area contributed by atoms with Crippen molar-refractivity contribution in [1.29, 1.82) is 0 Å². The molecule has 0 bridgehead atoms. The number of hydrogen-bond donors (Lipinski definition) is 0. The fraction of sp³-hybridized carbons (Fsp3) is 0.529. The lowest BCUT2D eigenvalue weighted by molar-refractivity contribution is -0.159. The number of nitrogens with zero attached hydrogens (tertiary/aromatic N) is 2. The molecule has 0 aromatic carbocycles. The Labute approximate surface area is 126 Å². The van der Waals surface area contributed by atoms with Crippen LogP contribution < -0.4 is 0 Å². The SMILES string of the molecule is CCO[C@@H]1C[C@H](N(C)C(=O)/C=C/c2cccnc2)C1(C)C. The van der Waals surface area contributed by atoms with Crippen LogP contribution in [-0.2, 0) is 9.53 Å². The van der Waals surface area contributed by atoms with Gasteiger partial charge in [0.1, 0.15) is 0 Å². The van der Waals surface area contributed by atoms with Gasteiger partial charge < -0.3 is 9.64 Å². The summed E-state index contributed by atoms with van der Waals surface area (Å²) in [6.07, 6.45) is 8.02. The molecule has 0 aliphatic heterocycles. The minimum absolute atomic E-state index is 0.00254. The van der Waals surface area contributed by atoms with E-state index in [1.807, 2.05) is 31.0 Å². The van der Waals surface area contributed by atoms with Crippen molar-refractivity contribution in [1.82, 2.24) is 9.88 Å². The Balaban J connectivity index is 1.96. The van der Waals surface area contributed by atoms with Crippen LogP contribution in [0.2, 0.25) is 0 Å². The van der Waals surface area contributed by atoms with Crippen LogP contribution >= 0.6 is 0 Å². The standard InChI is InChI=1S/C17H24N2O2/c1-5-21-15-11-14(17(15,2)3)19(4)16(20)9-8-13-7-6-10-18-12-13/h6-10,12,14-15H,5,11H2,1-4H3/b9-8+/t14-,15+/m0/s1. The Kier molecular flexibility index (Phi) is 4.78. The van der Waals surface area contributed by atoms with Gasteiger partial charge in [-0.15, -0.1) is 0 Å².